The zero-order chi connectivity index (χ0) is 20.1. The summed E-state index contributed by atoms with van der Waals surface area (Å²) in [7, 11) is 0. The molecule has 2 N–H and O–H groups in total. The third kappa shape index (κ3) is 4.58. The number of carbonyl (C=O) groups excluding carboxylic acids is 1. The van der Waals surface area contributed by atoms with E-state index in [2.05, 4.69) is 26.0 Å². The summed E-state index contributed by atoms with van der Waals surface area (Å²) in [5.41, 5.74) is 7.76. The van der Waals surface area contributed by atoms with Gasteiger partial charge in [-0.15, -0.1) is 0 Å². The molecule has 0 amide bonds. The number of benzene rings is 2. The van der Waals surface area contributed by atoms with Gasteiger partial charge in [-0.3, -0.25) is 0 Å². The molecule has 3 aromatic rings. The van der Waals surface area contributed by atoms with Crippen LogP contribution in [0.4, 0.5) is 5.95 Å². The fourth-order valence-corrected chi connectivity index (χ4v) is 2.88. The van der Waals surface area contributed by atoms with E-state index in [-0.39, 0.29) is 0 Å². The van der Waals surface area contributed by atoms with E-state index in [1.165, 1.54) is 4.68 Å². The third-order valence-electron chi connectivity index (χ3n) is 3.73. The minimum atomic E-state index is -0.462. The van der Waals surface area contributed by atoms with Gasteiger partial charge in [0.2, 0.25) is 5.95 Å². The van der Waals surface area contributed by atoms with Crippen LogP contribution in [-0.2, 0) is 0 Å². The molecular weight excluding hydrogens is 424 g/mol. The SMILES string of the molecule is CCOc1cc(C=Nn2cc(C)nc2N)c(Br)cc1OC(=O)c1ccccc1. The van der Waals surface area contributed by atoms with Crippen LogP contribution in [0.1, 0.15) is 28.5 Å². The maximum Gasteiger partial charge on any atom is 0.343 e. The van der Waals surface area contributed by atoms with Gasteiger partial charge in [-0.2, -0.15) is 5.10 Å². The number of aryl methyl sites for hydroxylation is 1. The molecule has 0 saturated carbocycles. The number of hydrogen-bond acceptors (Lipinski definition) is 6. The first-order valence-corrected chi connectivity index (χ1v) is 9.36. The van der Waals surface area contributed by atoms with Crippen molar-refractivity contribution in [3.63, 3.8) is 0 Å². The molecule has 0 atom stereocenters. The topological polar surface area (TPSA) is 91.7 Å². The molecule has 0 saturated heterocycles. The first kappa shape index (κ1) is 19.6. The predicted octanol–water partition coefficient (Wildman–Crippen LogP) is 4.04. The average Bonchev–Trinajstić information content (AvgIpc) is 3.00. The van der Waals surface area contributed by atoms with Crippen molar-refractivity contribution in [1.82, 2.24) is 9.66 Å². The number of nitrogens with zero attached hydrogens (tertiary/aromatic N) is 3. The molecule has 1 aromatic heterocycles. The lowest BCUT2D eigenvalue weighted by molar-refractivity contribution is 0.0728. The largest absolute Gasteiger partial charge is 0.490 e. The van der Waals surface area contributed by atoms with E-state index >= 15 is 0 Å². The van der Waals surface area contributed by atoms with Crippen molar-refractivity contribution in [1.29, 1.82) is 0 Å². The molecular formula is C20H19BrN4O3. The Morgan fingerprint density at radius 3 is 2.68 bits per heavy atom. The summed E-state index contributed by atoms with van der Waals surface area (Å²) in [5, 5.41) is 4.31. The van der Waals surface area contributed by atoms with Gasteiger partial charge in [0, 0.05) is 10.0 Å². The molecule has 8 heteroatoms. The van der Waals surface area contributed by atoms with Gasteiger partial charge in [0.05, 0.1) is 30.3 Å². The van der Waals surface area contributed by atoms with Crippen LogP contribution in [0.15, 0.2) is 58.2 Å². The van der Waals surface area contributed by atoms with Crippen molar-refractivity contribution in [3.05, 3.63) is 70.0 Å². The Morgan fingerprint density at radius 2 is 2.04 bits per heavy atom. The summed E-state index contributed by atoms with van der Waals surface area (Å²) in [5.74, 6) is 0.587. The second-order valence-electron chi connectivity index (χ2n) is 5.84. The van der Waals surface area contributed by atoms with E-state index in [0.29, 0.717) is 34.1 Å². The van der Waals surface area contributed by atoms with Crippen LogP contribution in [-0.4, -0.2) is 28.5 Å². The van der Waals surface area contributed by atoms with Crippen LogP contribution in [0.5, 0.6) is 11.5 Å². The second kappa shape index (κ2) is 8.71. The van der Waals surface area contributed by atoms with E-state index in [1.54, 1.807) is 48.8 Å². The first-order chi connectivity index (χ1) is 13.5. The highest BCUT2D eigenvalue weighted by atomic mass is 79.9. The lowest BCUT2D eigenvalue weighted by Gasteiger charge is -2.12. The predicted molar refractivity (Wildman–Crippen MR) is 111 cm³/mol. The summed E-state index contributed by atoms with van der Waals surface area (Å²) >= 11 is 3.48. The van der Waals surface area contributed by atoms with Gasteiger partial charge in [-0.25, -0.2) is 14.5 Å². The summed E-state index contributed by atoms with van der Waals surface area (Å²) in [4.78, 5) is 16.5. The summed E-state index contributed by atoms with van der Waals surface area (Å²) in [6.45, 7) is 4.11. The maximum absolute atomic E-state index is 12.4. The number of esters is 1. The Hall–Kier alpha value is -3.13. The lowest BCUT2D eigenvalue weighted by atomic mass is 10.2. The molecule has 0 bridgehead atoms. The molecule has 1 heterocycles. The Balaban J connectivity index is 1.89. The molecule has 144 valence electrons. The van der Waals surface area contributed by atoms with Crippen LogP contribution < -0.4 is 15.2 Å². The number of nitrogens with two attached hydrogens (primary N) is 1. The zero-order valence-electron chi connectivity index (χ0n) is 15.4. The first-order valence-electron chi connectivity index (χ1n) is 8.57. The van der Waals surface area contributed by atoms with Crippen molar-refractivity contribution in [2.24, 2.45) is 5.10 Å². The van der Waals surface area contributed by atoms with E-state index < -0.39 is 5.97 Å². The number of anilines is 1. The Labute approximate surface area is 170 Å². The number of hydrogen-bond donors (Lipinski definition) is 1. The summed E-state index contributed by atoms with van der Waals surface area (Å²) in [6.07, 6.45) is 3.34. The molecule has 0 unspecified atom stereocenters. The van der Waals surface area contributed by atoms with Gasteiger partial charge in [-0.05, 0) is 54.0 Å². The van der Waals surface area contributed by atoms with Gasteiger partial charge >= 0.3 is 5.97 Å². The molecule has 0 aliphatic carbocycles. The highest BCUT2D eigenvalue weighted by Crippen LogP contribution is 2.34. The van der Waals surface area contributed by atoms with Crippen LogP contribution in [0.3, 0.4) is 0 Å². The van der Waals surface area contributed by atoms with E-state index in [0.717, 1.165) is 11.3 Å². The summed E-state index contributed by atoms with van der Waals surface area (Å²) < 4.78 is 13.3. The van der Waals surface area contributed by atoms with Crippen molar-refractivity contribution in [3.8, 4) is 11.5 Å². The molecule has 7 nitrogen and oxygen atoms in total. The van der Waals surface area contributed by atoms with Gasteiger partial charge < -0.3 is 15.2 Å². The van der Waals surface area contributed by atoms with Crippen LogP contribution >= 0.6 is 15.9 Å². The number of aromatic nitrogens is 2. The van der Waals surface area contributed by atoms with Gasteiger partial charge in [0.1, 0.15) is 0 Å². The Morgan fingerprint density at radius 1 is 1.29 bits per heavy atom. The molecule has 0 radical (unpaired) electrons. The number of carbonyl (C=O) groups is 1. The van der Waals surface area contributed by atoms with E-state index in [4.69, 9.17) is 15.2 Å². The second-order valence-corrected chi connectivity index (χ2v) is 6.69. The fraction of sp³-hybridized carbons (Fsp3) is 0.150. The smallest absolute Gasteiger partial charge is 0.343 e. The molecule has 2 aromatic carbocycles. The van der Waals surface area contributed by atoms with E-state index in [9.17, 15) is 4.79 Å². The fourth-order valence-electron chi connectivity index (χ4n) is 2.45. The molecule has 0 aliphatic rings. The number of ether oxygens (including phenoxy) is 2. The number of rotatable bonds is 6. The maximum atomic E-state index is 12.4. The quantitative estimate of drug-likeness (QED) is 0.353. The molecule has 3 rings (SSSR count). The normalized spacial score (nSPS) is 11.0. The monoisotopic (exact) mass is 442 g/mol. The molecule has 0 fully saturated rings. The molecule has 0 aliphatic heterocycles. The highest BCUT2D eigenvalue weighted by molar-refractivity contribution is 9.10. The minimum absolute atomic E-state index is 0.295. The number of nitrogen functional groups attached to an aromatic ring is 1. The highest BCUT2D eigenvalue weighted by Gasteiger charge is 2.15. The Bertz CT molecular complexity index is 1020. The van der Waals surface area contributed by atoms with Crippen LogP contribution in [0, 0.1) is 6.92 Å². The zero-order valence-corrected chi connectivity index (χ0v) is 17.0. The lowest BCUT2D eigenvalue weighted by Crippen LogP contribution is -2.10. The molecule has 28 heavy (non-hydrogen) atoms. The standard InChI is InChI=1S/C20H19BrN4O3/c1-3-27-17-9-15(11-23-25-12-13(2)24-20(25)22)16(21)10-18(17)28-19(26)14-7-5-4-6-8-14/h4-12H,3H2,1-2H3,(H2,22,24). The van der Waals surface area contributed by atoms with E-state index in [1.807, 2.05) is 19.9 Å². The van der Waals surface area contributed by atoms with Gasteiger partial charge in [0.15, 0.2) is 11.5 Å². The minimum Gasteiger partial charge on any atom is -0.490 e. The molecule has 0 spiro atoms. The van der Waals surface area contributed by atoms with Crippen LogP contribution in [0.25, 0.3) is 0 Å². The van der Waals surface area contributed by atoms with Crippen molar-refractivity contribution in [2.45, 2.75) is 13.8 Å². The van der Waals surface area contributed by atoms with Gasteiger partial charge in [-0.1, -0.05) is 18.2 Å². The third-order valence-corrected chi connectivity index (χ3v) is 4.42. The number of halogens is 1. The summed E-state index contributed by atoms with van der Waals surface area (Å²) in [6, 6.07) is 12.2. The Kier molecular flexibility index (Phi) is 6.10. The van der Waals surface area contributed by atoms with Crippen molar-refractivity contribution >= 4 is 34.1 Å². The van der Waals surface area contributed by atoms with Crippen molar-refractivity contribution in [2.75, 3.05) is 12.3 Å². The van der Waals surface area contributed by atoms with Crippen LogP contribution in [0.2, 0.25) is 0 Å². The van der Waals surface area contributed by atoms with Gasteiger partial charge in [0.25, 0.3) is 0 Å². The number of imidazole rings is 1. The van der Waals surface area contributed by atoms with Crippen molar-refractivity contribution < 1.29 is 14.3 Å². The average molecular weight is 443 g/mol.